The van der Waals surface area contributed by atoms with Gasteiger partial charge in [-0.2, -0.15) is 5.10 Å². The van der Waals surface area contributed by atoms with Crippen LogP contribution in [0.2, 0.25) is 0 Å². The molecule has 0 spiro atoms. The van der Waals surface area contributed by atoms with E-state index in [1.54, 1.807) is 12.4 Å². The number of hydrogen-bond acceptors (Lipinski definition) is 4. The van der Waals surface area contributed by atoms with Crippen LogP contribution in [0, 0.1) is 11.3 Å². The molecule has 132 valence electrons. The summed E-state index contributed by atoms with van der Waals surface area (Å²) in [6.07, 6.45) is 4.14. The maximum Gasteiger partial charge on any atom is 0.257 e. The van der Waals surface area contributed by atoms with Gasteiger partial charge in [-0.15, -0.1) is 0 Å². The summed E-state index contributed by atoms with van der Waals surface area (Å²) < 4.78 is 0. The first-order chi connectivity index (χ1) is 12.2. The summed E-state index contributed by atoms with van der Waals surface area (Å²) in [6, 6.07) is 10.4. The van der Waals surface area contributed by atoms with Crippen LogP contribution in [-0.4, -0.2) is 63.8 Å². The van der Waals surface area contributed by atoms with E-state index < -0.39 is 0 Å². The van der Waals surface area contributed by atoms with Crippen LogP contribution >= 0.6 is 0 Å². The zero-order chi connectivity index (χ0) is 17.3. The van der Waals surface area contributed by atoms with Crippen molar-refractivity contribution in [3.8, 4) is 0 Å². The van der Waals surface area contributed by atoms with Crippen molar-refractivity contribution in [1.29, 1.82) is 0 Å². The lowest BCUT2D eigenvalue weighted by Crippen LogP contribution is -2.52. The number of fused-ring (bicyclic) bond motifs is 1. The summed E-state index contributed by atoms with van der Waals surface area (Å²) in [4.78, 5) is 16.9. The predicted octanol–water partition coefficient (Wildman–Crippen LogP) is 1.37. The predicted molar refractivity (Wildman–Crippen MR) is 93.8 cm³/mol. The highest BCUT2D eigenvalue weighted by molar-refractivity contribution is 5.93. The van der Waals surface area contributed by atoms with Gasteiger partial charge in [-0.1, -0.05) is 30.3 Å². The monoisotopic (exact) mass is 340 g/mol. The van der Waals surface area contributed by atoms with Crippen LogP contribution in [0.25, 0.3) is 0 Å². The van der Waals surface area contributed by atoms with Crippen molar-refractivity contribution in [2.45, 2.75) is 13.0 Å². The molecule has 4 rings (SSSR count). The maximum atomic E-state index is 12.7. The average Bonchev–Trinajstić information content (AvgIpc) is 3.29. The molecular weight excluding hydrogens is 316 g/mol. The number of amides is 1. The summed E-state index contributed by atoms with van der Waals surface area (Å²) in [7, 11) is 0. The van der Waals surface area contributed by atoms with E-state index in [1.807, 2.05) is 11.0 Å². The Morgan fingerprint density at radius 3 is 2.88 bits per heavy atom. The number of aliphatic hydroxyl groups excluding tert-OH is 1. The maximum absolute atomic E-state index is 12.7. The molecule has 2 N–H and O–H groups in total. The van der Waals surface area contributed by atoms with Crippen LogP contribution in [0.5, 0.6) is 0 Å². The molecule has 2 atom stereocenters. The van der Waals surface area contributed by atoms with Gasteiger partial charge in [-0.3, -0.25) is 14.8 Å². The van der Waals surface area contributed by atoms with Crippen LogP contribution in [0.4, 0.5) is 0 Å². The van der Waals surface area contributed by atoms with Gasteiger partial charge in [0.25, 0.3) is 5.91 Å². The number of rotatable bonds is 4. The number of benzene rings is 1. The van der Waals surface area contributed by atoms with Gasteiger partial charge in [0, 0.05) is 44.3 Å². The zero-order valence-corrected chi connectivity index (χ0v) is 14.3. The number of carbonyl (C=O) groups is 1. The smallest absolute Gasteiger partial charge is 0.257 e. The molecule has 0 radical (unpaired) electrons. The minimum atomic E-state index is -0.216. The molecular formula is C19H24N4O2. The first-order valence-electron chi connectivity index (χ1n) is 8.85. The highest BCUT2D eigenvalue weighted by Gasteiger charge is 2.50. The van der Waals surface area contributed by atoms with Crippen molar-refractivity contribution in [1.82, 2.24) is 20.0 Å². The van der Waals surface area contributed by atoms with Crippen molar-refractivity contribution in [2.75, 3.05) is 32.8 Å². The Bertz CT molecular complexity index is 718. The summed E-state index contributed by atoms with van der Waals surface area (Å²) in [6.45, 7) is 4.20. The van der Waals surface area contributed by atoms with E-state index in [-0.39, 0.29) is 17.9 Å². The Hall–Kier alpha value is -2.18. The molecule has 3 heterocycles. The molecule has 6 nitrogen and oxygen atoms in total. The molecule has 1 amide bonds. The van der Waals surface area contributed by atoms with E-state index >= 15 is 0 Å². The molecule has 1 aromatic heterocycles. The number of likely N-dealkylation sites (tertiary alicyclic amines) is 2. The second-order valence-corrected chi connectivity index (χ2v) is 7.37. The number of carbonyl (C=O) groups excluding carboxylic acids is 1. The first-order valence-corrected chi connectivity index (χ1v) is 8.85. The normalized spacial score (nSPS) is 26.6. The highest BCUT2D eigenvalue weighted by atomic mass is 16.3. The van der Waals surface area contributed by atoms with Crippen LogP contribution in [0.1, 0.15) is 22.3 Å². The molecule has 2 aromatic rings. The third kappa shape index (κ3) is 3.07. The second kappa shape index (κ2) is 6.61. The van der Waals surface area contributed by atoms with Crippen LogP contribution in [0.3, 0.4) is 0 Å². The molecule has 2 fully saturated rings. The summed E-state index contributed by atoms with van der Waals surface area (Å²) in [5, 5.41) is 16.8. The van der Waals surface area contributed by atoms with Crippen molar-refractivity contribution in [2.24, 2.45) is 11.3 Å². The quantitative estimate of drug-likeness (QED) is 0.882. The van der Waals surface area contributed by atoms with E-state index in [4.69, 9.17) is 0 Å². The van der Waals surface area contributed by atoms with Crippen molar-refractivity contribution >= 4 is 5.91 Å². The van der Waals surface area contributed by atoms with Crippen molar-refractivity contribution in [3.63, 3.8) is 0 Å². The molecule has 0 bridgehead atoms. The number of nitrogens with zero attached hydrogens (tertiary/aromatic N) is 3. The third-order valence-corrected chi connectivity index (χ3v) is 5.73. The van der Waals surface area contributed by atoms with Gasteiger partial charge in [0.2, 0.25) is 0 Å². The number of hydrogen-bond donors (Lipinski definition) is 2. The number of nitrogens with one attached hydrogen (secondary N) is 1. The van der Waals surface area contributed by atoms with Crippen LogP contribution in [-0.2, 0) is 6.54 Å². The lowest BCUT2D eigenvalue weighted by Gasteiger charge is -2.43. The first kappa shape index (κ1) is 16.3. The zero-order valence-electron chi connectivity index (χ0n) is 14.3. The Morgan fingerprint density at radius 2 is 2.16 bits per heavy atom. The van der Waals surface area contributed by atoms with Crippen LogP contribution in [0.15, 0.2) is 42.7 Å². The molecule has 6 heteroatoms. The van der Waals surface area contributed by atoms with Gasteiger partial charge in [0.1, 0.15) is 0 Å². The van der Waals surface area contributed by atoms with Gasteiger partial charge in [-0.05, 0) is 17.9 Å². The standard InChI is InChI=1S/C19H24N4O2/c24-14-19-12-22(10-15-4-2-1-3-5-15)11-17(19)6-7-23(13-19)18(25)16-8-20-21-9-16/h1-5,8-9,17,24H,6-7,10-14H2,(H,20,21)/t17-,19-/m0/s1. The molecule has 0 aliphatic carbocycles. The van der Waals surface area contributed by atoms with Crippen molar-refractivity contribution < 1.29 is 9.90 Å². The molecule has 2 saturated heterocycles. The molecule has 0 unspecified atom stereocenters. The lowest BCUT2D eigenvalue weighted by atomic mass is 9.74. The SMILES string of the molecule is O=C(c1cn[nH]c1)N1CC[C@H]2CN(Cc3ccccc3)C[C@@]2(CO)C1. The van der Waals surface area contributed by atoms with Gasteiger partial charge in [0.05, 0.1) is 18.4 Å². The van der Waals surface area contributed by atoms with Crippen molar-refractivity contribution in [3.05, 3.63) is 53.9 Å². The van der Waals surface area contributed by atoms with Crippen LogP contribution < -0.4 is 0 Å². The molecule has 0 saturated carbocycles. The van der Waals surface area contributed by atoms with Gasteiger partial charge < -0.3 is 10.0 Å². The van der Waals surface area contributed by atoms with E-state index in [1.165, 1.54) is 5.56 Å². The summed E-state index contributed by atoms with van der Waals surface area (Å²) in [5.41, 5.74) is 1.66. The lowest BCUT2D eigenvalue weighted by molar-refractivity contribution is 0.0117. The molecule has 25 heavy (non-hydrogen) atoms. The fraction of sp³-hybridized carbons (Fsp3) is 0.474. The summed E-state index contributed by atoms with van der Waals surface area (Å²) >= 11 is 0. The minimum absolute atomic E-state index is 0.00142. The average molecular weight is 340 g/mol. The number of aliphatic hydroxyl groups is 1. The van der Waals surface area contributed by atoms with Gasteiger partial charge >= 0.3 is 0 Å². The van der Waals surface area contributed by atoms with Gasteiger partial charge in [-0.25, -0.2) is 0 Å². The Morgan fingerprint density at radius 1 is 1.32 bits per heavy atom. The Balaban J connectivity index is 1.48. The minimum Gasteiger partial charge on any atom is -0.396 e. The summed E-state index contributed by atoms with van der Waals surface area (Å²) in [5.74, 6) is 0.441. The largest absolute Gasteiger partial charge is 0.396 e. The fourth-order valence-electron chi connectivity index (χ4n) is 4.41. The second-order valence-electron chi connectivity index (χ2n) is 7.37. The Kier molecular flexibility index (Phi) is 4.31. The van der Waals surface area contributed by atoms with E-state index in [0.717, 1.165) is 32.6 Å². The van der Waals surface area contributed by atoms with E-state index in [9.17, 15) is 9.90 Å². The molecule has 2 aliphatic heterocycles. The topological polar surface area (TPSA) is 72.5 Å². The Labute approximate surface area is 147 Å². The molecule has 1 aromatic carbocycles. The molecule has 2 aliphatic rings. The number of H-pyrrole nitrogens is 1. The third-order valence-electron chi connectivity index (χ3n) is 5.73. The number of aromatic nitrogens is 2. The van der Waals surface area contributed by atoms with E-state index in [0.29, 0.717) is 18.0 Å². The van der Waals surface area contributed by atoms with E-state index in [2.05, 4.69) is 39.4 Å². The number of piperidine rings is 1. The number of aromatic amines is 1. The fourth-order valence-corrected chi connectivity index (χ4v) is 4.41. The highest BCUT2D eigenvalue weighted by Crippen LogP contribution is 2.42. The van der Waals surface area contributed by atoms with Gasteiger partial charge in [0.15, 0.2) is 0 Å².